The predicted octanol–water partition coefficient (Wildman–Crippen LogP) is 14.0. The zero-order chi connectivity index (χ0) is 34.9. The molecule has 0 bridgehead atoms. The third-order valence-electron chi connectivity index (χ3n) is 12.6. The van der Waals surface area contributed by atoms with Crippen molar-refractivity contribution in [2.75, 3.05) is 0 Å². The van der Waals surface area contributed by atoms with Gasteiger partial charge in [-0.15, -0.1) is 0 Å². The summed E-state index contributed by atoms with van der Waals surface area (Å²) >= 11 is 0. The molecule has 52 heavy (non-hydrogen) atoms. The van der Waals surface area contributed by atoms with Crippen LogP contribution in [0.5, 0.6) is 0 Å². The van der Waals surface area contributed by atoms with Gasteiger partial charge in [-0.25, -0.2) is 0 Å². The van der Waals surface area contributed by atoms with Gasteiger partial charge in [-0.2, -0.15) is 0 Å². The van der Waals surface area contributed by atoms with Crippen LogP contribution in [0.4, 0.5) is 0 Å². The molecule has 0 saturated heterocycles. The molecule has 0 saturated carbocycles. The first-order valence-corrected chi connectivity index (χ1v) is 18.6. The highest BCUT2D eigenvalue weighted by molar-refractivity contribution is 6.01. The lowest BCUT2D eigenvalue weighted by molar-refractivity contribution is 0.220. The summed E-state index contributed by atoms with van der Waals surface area (Å²) < 4.78 is 0. The molecule has 0 fully saturated rings. The molecule has 8 aromatic rings. The highest BCUT2D eigenvalue weighted by atomic mass is 14.6. The molecule has 0 aliphatic heterocycles. The Morgan fingerprint density at radius 3 is 1.15 bits per heavy atom. The fourth-order valence-corrected chi connectivity index (χ4v) is 10.1. The van der Waals surface area contributed by atoms with E-state index in [0.29, 0.717) is 0 Å². The first kappa shape index (κ1) is 30.8. The zero-order valence-electron chi connectivity index (χ0n) is 29.6. The van der Waals surface area contributed by atoms with Crippen LogP contribution in [0, 0.1) is 11.8 Å². The minimum Gasteiger partial charge on any atom is -0.0796 e. The summed E-state index contributed by atoms with van der Waals surface area (Å²) in [5.41, 5.74) is 10.1. The van der Waals surface area contributed by atoms with E-state index in [-0.39, 0.29) is 25.5 Å². The van der Waals surface area contributed by atoms with Crippen molar-refractivity contribution in [1.29, 1.82) is 0 Å². The van der Waals surface area contributed by atoms with Crippen molar-refractivity contribution in [3.8, 4) is 22.3 Å². The van der Waals surface area contributed by atoms with E-state index in [1.807, 2.05) is 0 Å². The fourth-order valence-electron chi connectivity index (χ4n) is 10.1. The van der Waals surface area contributed by atoms with E-state index in [1.54, 1.807) is 0 Å². The van der Waals surface area contributed by atoms with Crippen LogP contribution in [0.25, 0.3) is 54.6 Å². The molecule has 0 aromatic heterocycles. The van der Waals surface area contributed by atoms with E-state index < -0.39 is 0 Å². The lowest BCUT2D eigenvalue weighted by Crippen LogP contribution is -2.52. The molecular weight excluding hydrogens is 625 g/mol. The lowest BCUT2D eigenvalue weighted by atomic mass is 9.46. The average Bonchev–Trinajstić information content (AvgIpc) is 3.22. The van der Waals surface area contributed by atoms with E-state index in [2.05, 4.69) is 208 Å². The minimum absolute atomic E-state index is 0. The first-order valence-electron chi connectivity index (χ1n) is 18.6. The molecule has 0 N–H and O–H groups in total. The SMILES string of the molecule is CC1(c2ccc3ccccc3c2-c2ccccc2)c2cc3ccccc3cc2C(C)(c2ccc3ccccc3c2-c2ccccc2)C2C=CC=CC21.[HH].[HH]. The summed E-state index contributed by atoms with van der Waals surface area (Å²) in [4.78, 5) is 0. The Kier molecular flexibility index (Phi) is 6.99. The molecule has 0 nitrogen and oxygen atoms in total. The second kappa shape index (κ2) is 11.8. The zero-order valence-corrected chi connectivity index (χ0v) is 29.6. The summed E-state index contributed by atoms with van der Waals surface area (Å²) in [6.07, 6.45) is 9.64. The van der Waals surface area contributed by atoms with Gasteiger partial charge < -0.3 is 0 Å². The Morgan fingerprint density at radius 2 is 0.731 bits per heavy atom. The Morgan fingerprint density at radius 1 is 0.365 bits per heavy atom. The van der Waals surface area contributed by atoms with Crippen molar-refractivity contribution < 1.29 is 2.85 Å². The normalized spacial score (nSPS) is 22.0. The van der Waals surface area contributed by atoms with Gasteiger partial charge in [0.05, 0.1) is 0 Å². The minimum atomic E-state index is -0.343. The molecule has 252 valence electrons. The van der Waals surface area contributed by atoms with Gasteiger partial charge in [0.2, 0.25) is 0 Å². The number of hydrogen-bond donors (Lipinski definition) is 0. The van der Waals surface area contributed by atoms with Gasteiger partial charge in [0, 0.05) is 13.7 Å². The monoisotopic (exact) mass is 668 g/mol. The standard InChI is InChI=1S/C52H40.2H2/c1-51(45-31-29-35-17-11-13-25-41(35)49(45)37-19-5-3-6-20-37)43-27-15-16-28-44(43)52(2,48-34-40-24-10-9-23-39(40)33-47(48)51)46-32-30-36-18-12-14-26-42(36)50(46)38-21-7-4-8-22-38;;/h3-34,43-44H,1-2H3;2*1H. The van der Waals surface area contributed by atoms with Gasteiger partial charge in [-0.1, -0.05) is 196 Å². The van der Waals surface area contributed by atoms with Crippen LogP contribution >= 0.6 is 0 Å². The van der Waals surface area contributed by atoms with E-state index in [1.165, 1.54) is 76.8 Å². The van der Waals surface area contributed by atoms with Crippen LogP contribution < -0.4 is 0 Å². The summed E-state index contributed by atoms with van der Waals surface area (Å²) in [5, 5.41) is 7.71. The van der Waals surface area contributed by atoms with Gasteiger partial charge in [-0.05, 0) is 101 Å². The fraction of sp³-hybridized carbons (Fsp3) is 0.115. The highest BCUT2D eigenvalue weighted by Crippen LogP contribution is 2.62. The van der Waals surface area contributed by atoms with E-state index in [4.69, 9.17) is 0 Å². The van der Waals surface area contributed by atoms with Crippen LogP contribution in [0.3, 0.4) is 0 Å². The van der Waals surface area contributed by atoms with Gasteiger partial charge >= 0.3 is 0 Å². The highest BCUT2D eigenvalue weighted by Gasteiger charge is 2.56. The molecule has 4 unspecified atom stereocenters. The molecule has 0 heteroatoms. The molecular formula is C52H44. The van der Waals surface area contributed by atoms with Crippen molar-refractivity contribution in [3.63, 3.8) is 0 Å². The van der Waals surface area contributed by atoms with E-state index in [9.17, 15) is 0 Å². The largest absolute Gasteiger partial charge is 0.0796 e. The molecule has 0 spiro atoms. The smallest absolute Gasteiger partial charge is 0.0253 e. The number of fused-ring (bicyclic) bond motifs is 5. The van der Waals surface area contributed by atoms with Gasteiger partial charge in [0.1, 0.15) is 0 Å². The van der Waals surface area contributed by atoms with Gasteiger partial charge in [0.25, 0.3) is 0 Å². The first-order chi connectivity index (χ1) is 25.6. The third-order valence-corrected chi connectivity index (χ3v) is 12.6. The Labute approximate surface area is 309 Å². The second-order valence-corrected chi connectivity index (χ2v) is 15.1. The average molecular weight is 669 g/mol. The maximum atomic E-state index is 2.54. The summed E-state index contributed by atoms with van der Waals surface area (Å²) in [7, 11) is 0. The number of allylic oxidation sites excluding steroid dienone is 4. The molecule has 0 radical (unpaired) electrons. The Bertz CT molecular complexity index is 2540. The number of hydrogen-bond acceptors (Lipinski definition) is 0. The number of rotatable bonds is 4. The van der Waals surface area contributed by atoms with E-state index >= 15 is 0 Å². The second-order valence-electron chi connectivity index (χ2n) is 15.1. The molecule has 2 aliphatic rings. The maximum absolute atomic E-state index is 2.54. The summed E-state index contributed by atoms with van der Waals surface area (Å²) in [6.45, 7) is 5.08. The van der Waals surface area contributed by atoms with Crippen molar-refractivity contribution in [2.45, 2.75) is 24.7 Å². The topological polar surface area (TPSA) is 0 Å². The van der Waals surface area contributed by atoms with Crippen LogP contribution in [0.2, 0.25) is 0 Å². The molecule has 0 heterocycles. The van der Waals surface area contributed by atoms with Crippen LogP contribution in [-0.4, -0.2) is 0 Å². The molecule has 0 amide bonds. The van der Waals surface area contributed by atoms with Gasteiger partial charge in [0.15, 0.2) is 0 Å². The van der Waals surface area contributed by atoms with Crippen molar-refractivity contribution in [1.82, 2.24) is 0 Å². The van der Waals surface area contributed by atoms with Crippen LogP contribution in [0.1, 0.15) is 39.0 Å². The number of benzene rings is 8. The maximum Gasteiger partial charge on any atom is 0.0253 e. The summed E-state index contributed by atoms with van der Waals surface area (Å²) in [5.74, 6) is 0.379. The summed E-state index contributed by atoms with van der Waals surface area (Å²) in [6, 6.07) is 63.6. The van der Waals surface area contributed by atoms with Gasteiger partial charge in [-0.3, -0.25) is 0 Å². The van der Waals surface area contributed by atoms with Crippen molar-refractivity contribution in [2.24, 2.45) is 11.8 Å². The predicted molar refractivity (Wildman–Crippen MR) is 225 cm³/mol. The molecule has 2 aliphatic carbocycles. The molecule has 8 aromatic carbocycles. The van der Waals surface area contributed by atoms with E-state index in [0.717, 1.165) is 0 Å². The third kappa shape index (κ3) is 4.40. The van der Waals surface area contributed by atoms with Crippen LogP contribution in [-0.2, 0) is 10.8 Å². The lowest BCUT2D eigenvalue weighted by Gasteiger charge is -2.56. The van der Waals surface area contributed by atoms with Crippen molar-refractivity contribution >= 4 is 32.3 Å². The Hall–Kier alpha value is -5.98. The van der Waals surface area contributed by atoms with Crippen molar-refractivity contribution in [3.05, 3.63) is 216 Å². The van der Waals surface area contributed by atoms with Crippen LogP contribution in [0.15, 0.2) is 194 Å². The molecule has 10 rings (SSSR count). The quantitative estimate of drug-likeness (QED) is 0.175. The Balaban J connectivity index is 0.00000207. The molecule has 4 atom stereocenters.